The summed E-state index contributed by atoms with van der Waals surface area (Å²) in [4.78, 5) is 38.4. The normalized spacial score (nSPS) is 11.4. The number of carbonyl (C=O) groups excluding carboxylic acids is 1. The minimum atomic E-state index is -0.724. The van der Waals surface area contributed by atoms with Gasteiger partial charge in [0.15, 0.2) is 23.1 Å². The Balaban J connectivity index is 1.63. The van der Waals surface area contributed by atoms with Crippen LogP contribution in [-0.4, -0.2) is 35.1 Å². The molecule has 208 valence electrons. The molecule has 3 aromatic heterocycles. The molecule has 4 aromatic rings. The molecule has 9 nitrogen and oxygen atoms in total. The van der Waals surface area contributed by atoms with Gasteiger partial charge in [-0.2, -0.15) is 0 Å². The third kappa shape index (κ3) is 5.51. The number of aromatic nitrogens is 3. The highest BCUT2D eigenvalue weighted by molar-refractivity contribution is 6.05. The molecular weight excluding hydrogens is 515 g/mol. The standard InChI is InChI=1S/C30H31FN4O5/c1-7-9-18(8-2)25-16(3)33-17(4)26(28(25)36)29(37)34-19-10-11-22(20(31)14-19)40-23-12-13-32-21-15-24(38-5)30(39-6)35-27(21)23/h9-15H,7-8H2,1-6H3,(H,33,36)(H,34,37)/b18-9+. The molecule has 4 rings (SSSR count). The van der Waals surface area contributed by atoms with Crippen LogP contribution >= 0.6 is 0 Å². The number of halogens is 1. The molecule has 0 saturated heterocycles. The molecule has 2 N–H and O–H groups in total. The summed E-state index contributed by atoms with van der Waals surface area (Å²) in [6.45, 7) is 7.43. The molecule has 0 atom stereocenters. The van der Waals surface area contributed by atoms with Gasteiger partial charge in [0.25, 0.3) is 11.8 Å². The third-order valence-corrected chi connectivity index (χ3v) is 6.39. The molecule has 0 bridgehead atoms. The second-order valence-electron chi connectivity index (χ2n) is 9.02. The smallest absolute Gasteiger partial charge is 0.261 e. The number of ether oxygens (including phenoxy) is 3. The number of hydrogen-bond acceptors (Lipinski definition) is 7. The number of hydrogen-bond donors (Lipinski definition) is 2. The number of carbonyl (C=O) groups is 1. The van der Waals surface area contributed by atoms with Gasteiger partial charge >= 0.3 is 0 Å². The molecule has 40 heavy (non-hydrogen) atoms. The second-order valence-corrected chi connectivity index (χ2v) is 9.02. The lowest BCUT2D eigenvalue weighted by Crippen LogP contribution is -2.27. The van der Waals surface area contributed by atoms with Gasteiger partial charge < -0.3 is 24.5 Å². The van der Waals surface area contributed by atoms with Gasteiger partial charge in [0.1, 0.15) is 11.1 Å². The van der Waals surface area contributed by atoms with Crippen molar-refractivity contribution in [3.05, 3.63) is 81.2 Å². The molecule has 3 heterocycles. The maximum absolute atomic E-state index is 15.1. The number of benzene rings is 1. The zero-order valence-electron chi connectivity index (χ0n) is 23.3. The maximum Gasteiger partial charge on any atom is 0.261 e. The number of allylic oxidation sites excluding steroid dienone is 2. The lowest BCUT2D eigenvalue weighted by Gasteiger charge is -2.14. The molecular formula is C30H31FN4O5. The monoisotopic (exact) mass is 546 g/mol. The maximum atomic E-state index is 15.1. The van der Waals surface area contributed by atoms with Gasteiger partial charge in [0, 0.05) is 47.0 Å². The van der Waals surface area contributed by atoms with Crippen LogP contribution in [0.4, 0.5) is 10.1 Å². The fourth-order valence-corrected chi connectivity index (χ4v) is 4.56. The van der Waals surface area contributed by atoms with Gasteiger partial charge in [-0.25, -0.2) is 9.37 Å². The van der Waals surface area contributed by atoms with Crippen LogP contribution in [0, 0.1) is 19.7 Å². The lowest BCUT2D eigenvalue weighted by molar-refractivity contribution is 0.102. The van der Waals surface area contributed by atoms with Gasteiger partial charge in [-0.3, -0.25) is 14.6 Å². The summed E-state index contributed by atoms with van der Waals surface area (Å²) in [7, 11) is 2.94. The first-order valence-corrected chi connectivity index (χ1v) is 12.8. The van der Waals surface area contributed by atoms with Crippen molar-refractivity contribution < 1.29 is 23.4 Å². The summed E-state index contributed by atoms with van der Waals surface area (Å²) in [5, 5.41) is 2.64. The number of pyridine rings is 3. The van der Waals surface area contributed by atoms with Crippen molar-refractivity contribution in [1.82, 2.24) is 15.0 Å². The van der Waals surface area contributed by atoms with Crippen LogP contribution in [0.5, 0.6) is 23.1 Å². The molecule has 0 spiro atoms. The van der Waals surface area contributed by atoms with Gasteiger partial charge in [-0.1, -0.05) is 19.9 Å². The van der Waals surface area contributed by atoms with E-state index in [4.69, 9.17) is 14.2 Å². The Labute approximate surface area is 231 Å². The summed E-state index contributed by atoms with van der Waals surface area (Å²) in [5.41, 5.74) is 3.09. The van der Waals surface area contributed by atoms with E-state index in [0.717, 1.165) is 18.1 Å². The highest BCUT2D eigenvalue weighted by atomic mass is 19.1. The number of nitrogens with one attached hydrogen (secondary N) is 2. The number of fused-ring (bicyclic) bond motifs is 1. The average molecular weight is 547 g/mol. The minimum Gasteiger partial charge on any atom is -0.491 e. The van der Waals surface area contributed by atoms with Crippen LogP contribution in [0.15, 0.2) is 47.4 Å². The molecule has 1 amide bonds. The van der Waals surface area contributed by atoms with Crippen molar-refractivity contribution in [3.8, 4) is 23.1 Å². The fraction of sp³-hybridized carbons (Fsp3) is 0.267. The predicted molar refractivity (Wildman–Crippen MR) is 152 cm³/mol. The van der Waals surface area contributed by atoms with Gasteiger partial charge in [-0.15, -0.1) is 0 Å². The predicted octanol–water partition coefficient (Wildman–Crippen LogP) is 6.34. The summed E-state index contributed by atoms with van der Waals surface area (Å²) in [6.07, 6.45) is 4.90. The quantitative estimate of drug-likeness (QED) is 0.252. The molecule has 0 radical (unpaired) electrons. The Morgan fingerprint density at radius 3 is 2.42 bits per heavy atom. The first-order chi connectivity index (χ1) is 19.2. The van der Waals surface area contributed by atoms with Crippen LogP contribution in [0.1, 0.15) is 54.0 Å². The van der Waals surface area contributed by atoms with Crippen molar-refractivity contribution in [2.24, 2.45) is 0 Å². The number of aryl methyl sites for hydroxylation is 2. The Morgan fingerprint density at radius 1 is 1.02 bits per heavy atom. The van der Waals surface area contributed by atoms with Gasteiger partial charge in [0.05, 0.1) is 19.7 Å². The molecule has 1 aromatic carbocycles. The van der Waals surface area contributed by atoms with Crippen molar-refractivity contribution in [2.75, 3.05) is 19.5 Å². The highest BCUT2D eigenvalue weighted by Gasteiger charge is 2.21. The number of rotatable bonds is 9. The zero-order chi connectivity index (χ0) is 29.0. The van der Waals surface area contributed by atoms with E-state index in [1.54, 1.807) is 19.1 Å². The number of anilines is 1. The summed E-state index contributed by atoms with van der Waals surface area (Å²) in [5.74, 6) is -0.572. The summed E-state index contributed by atoms with van der Waals surface area (Å²) >= 11 is 0. The number of methoxy groups -OCH3 is 2. The van der Waals surface area contributed by atoms with E-state index in [-0.39, 0.29) is 34.1 Å². The topological polar surface area (TPSA) is 115 Å². The molecule has 0 aliphatic carbocycles. The second kappa shape index (κ2) is 12.0. The third-order valence-electron chi connectivity index (χ3n) is 6.39. The van der Waals surface area contributed by atoms with Crippen LogP contribution in [0.25, 0.3) is 16.6 Å². The largest absolute Gasteiger partial charge is 0.491 e. The van der Waals surface area contributed by atoms with Crippen LogP contribution < -0.4 is 25.0 Å². The lowest BCUT2D eigenvalue weighted by atomic mass is 9.97. The van der Waals surface area contributed by atoms with E-state index in [9.17, 15) is 9.59 Å². The Bertz CT molecular complexity index is 1680. The van der Waals surface area contributed by atoms with Crippen LogP contribution in [-0.2, 0) is 0 Å². The summed E-state index contributed by atoms with van der Waals surface area (Å²) in [6, 6.07) is 7.20. The van der Waals surface area contributed by atoms with Crippen molar-refractivity contribution >= 4 is 28.2 Å². The minimum absolute atomic E-state index is 0.0181. The SMILES string of the molecule is CC/C=C(\CC)c1c(C)[nH]c(C)c(C(=O)Nc2ccc(Oc3ccnc4cc(OC)c(OC)nc34)c(F)c2)c1=O. The van der Waals surface area contributed by atoms with Crippen molar-refractivity contribution in [1.29, 1.82) is 0 Å². The first kappa shape index (κ1) is 28.3. The highest BCUT2D eigenvalue weighted by Crippen LogP contribution is 2.35. The van der Waals surface area contributed by atoms with Crippen molar-refractivity contribution in [2.45, 2.75) is 40.5 Å². The number of H-pyrrole nitrogens is 1. The van der Waals surface area contributed by atoms with E-state index in [1.807, 2.05) is 26.8 Å². The zero-order valence-corrected chi connectivity index (χ0v) is 23.3. The van der Waals surface area contributed by atoms with Gasteiger partial charge in [-0.05, 0) is 44.4 Å². The number of amides is 1. The average Bonchev–Trinajstić information content (AvgIpc) is 2.93. The van der Waals surface area contributed by atoms with E-state index >= 15 is 4.39 Å². The van der Waals surface area contributed by atoms with Gasteiger partial charge in [0.2, 0.25) is 5.43 Å². The Morgan fingerprint density at radius 2 is 1.77 bits per heavy atom. The molecule has 0 aliphatic heterocycles. The van der Waals surface area contributed by atoms with E-state index in [0.29, 0.717) is 40.2 Å². The van der Waals surface area contributed by atoms with E-state index in [1.165, 1.54) is 32.5 Å². The number of aromatic amines is 1. The van der Waals surface area contributed by atoms with Crippen molar-refractivity contribution in [3.63, 3.8) is 0 Å². The van der Waals surface area contributed by atoms with Crippen LogP contribution in [0.3, 0.4) is 0 Å². The van der Waals surface area contributed by atoms with E-state index < -0.39 is 11.7 Å². The van der Waals surface area contributed by atoms with Crippen LogP contribution in [0.2, 0.25) is 0 Å². The first-order valence-electron chi connectivity index (χ1n) is 12.8. The van der Waals surface area contributed by atoms with E-state index in [2.05, 4.69) is 20.3 Å². The molecule has 0 aliphatic rings. The molecule has 0 fully saturated rings. The molecule has 0 unspecified atom stereocenters. The molecule has 0 saturated carbocycles. The number of nitrogens with zero attached hydrogens (tertiary/aromatic N) is 2. The fourth-order valence-electron chi connectivity index (χ4n) is 4.56. The Hall–Kier alpha value is -4.73. The molecule has 10 heteroatoms. The Kier molecular flexibility index (Phi) is 8.47. The summed E-state index contributed by atoms with van der Waals surface area (Å²) < 4.78 is 31.5.